The first-order chi connectivity index (χ1) is 11.4. The highest BCUT2D eigenvalue weighted by molar-refractivity contribution is 9.09. The van der Waals surface area contributed by atoms with E-state index in [4.69, 9.17) is 4.43 Å². The molecule has 0 heterocycles. The SMILES string of the molecule is C=C(CBr)CCO[Si](c1ccccc1)(c1ccccc1)C(C)(C)C. The van der Waals surface area contributed by atoms with Gasteiger partial charge in [-0.15, -0.1) is 0 Å². The van der Waals surface area contributed by atoms with Crippen molar-refractivity contribution in [1.82, 2.24) is 0 Å². The molecule has 2 rings (SSSR count). The molecule has 2 aromatic rings. The van der Waals surface area contributed by atoms with Crippen LogP contribution in [0.2, 0.25) is 5.04 Å². The van der Waals surface area contributed by atoms with Crippen LogP contribution < -0.4 is 10.4 Å². The second-order valence-corrected chi connectivity index (χ2v) is 12.0. The van der Waals surface area contributed by atoms with Gasteiger partial charge in [0.2, 0.25) is 0 Å². The molecule has 0 bridgehead atoms. The molecule has 0 fully saturated rings. The molecule has 0 radical (unpaired) electrons. The third-order valence-corrected chi connectivity index (χ3v) is 10.2. The molecule has 0 atom stereocenters. The van der Waals surface area contributed by atoms with E-state index in [-0.39, 0.29) is 5.04 Å². The lowest BCUT2D eigenvalue weighted by molar-refractivity contribution is 0.302. The topological polar surface area (TPSA) is 9.23 Å². The molecule has 0 aliphatic carbocycles. The van der Waals surface area contributed by atoms with Gasteiger partial charge in [-0.3, -0.25) is 0 Å². The zero-order valence-corrected chi connectivity index (χ0v) is 17.5. The van der Waals surface area contributed by atoms with Crippen molar-refractivity contribution in [3.63, 3.8) is 0 Å². The monoisotopic (exact) mass is 402 g/mol. The lowest BCUT2D eigenvalue weighted by Crippen LogP contribution is -2.66. The van der Waals surface area contributed by atoms with E-state index in [1.165, 1.54) is 15.9 Å². The minimum absolute atomic E-state index is 0.0332. The van der Waals surface area contributed by atoms with E-state index in [2.05, 4.69) is 104 Å². The highest BCUT2D eigenvalue weighted by Gasteiger charge is 2.49. The van der Waals surface area contributed by atoms with Crippen LogP contribution in [-0.2, 0) is 4.43 Å². The van der Waals surface area contributed by atoms with Crippen LogP contribution in [0.1, 0.15) is 27.2 Å². The molecule has 0 saturated carbocycles. The van der Waals surface area contributed by atoms with Crippen LogP contribution in [0, 0.1) is 0 Å². The maximum Gasteiger partial charge on any atom is 0.261 e. The van der Waals surface area contributed by atoms with Crippen LogP contribution >= 0.6 is 15.9 Å². The Hall–Kier alpha value is -1.16. The van der Waals surface area contributed by atoms with Crippen molar-refractivity contribution in [2.75, 3.05) is 11.9 Å². The van der Waals surface area contributed by atoms with Crippen LogP contribution in [0.4, 0.5) is 0 Å². The summed E-state index contributed by atoms with van der Waals surface area (Å²) in [7, 11) is -2.39. The van der Waals surface area contributed by atoms with Crippen molar-refractivity contribution in [1.29, 1.82) is 0 Å². The van der Waals surface area contributed by atoms with Crippen LogP contribution in [-0.4, -0.2) is 20.3 Å². The van der Waals surface area contributed by atoms with Gasteiger partial charge in [0.25, 0.3) is 8.32 Å². The van der Waals surface area contributed by atoms with Crippen molar-refractivity contribution in [2.45, 2.75) is 32.2 Å². The Balaban J connectivity index is 2.51. The summed E-state index contributed by atoms with van der Waals surface area (Å²) in [5.74, 6) is 0. The number of hydrogen-bond acceptors (Lipinski definition) is 1. The van der Waals surface area contributed by atoms with Crippen LogP contribution in [0.3, 0.4) is 0 Å². The Morgan fingerprint density at radius 1 is 0.958 bits per heavy atom. The summed E-state index contributed by atoms with van der Waals surface area (Å²) in [6, 6.07) is 21.5. The van der Waals surface area contributed by atoms with E-state index < -0.39 is 8.32 Å². The normalized spacial score (nSPS) is 12.2. The molecular formula is C21H27BrOSi. The first-order valence-corrected chi connectivity index (χ1v) is 11.4. The molecule has 1 nitrogen and oxygen atoms in total. The second-order valence-electron chi connectivity index (χ2n) is 7.15. The first kappa shape index (κ1) is 19.2. The summed E-state index contributed by atoms with van der Waals surface area (Å²) in [4.78, 5) is 0. The van der Waals surface area contributed by atoms with Crippen molar-refractivity contribution in [3.8, 4) is 0 Å². The highest BCUT2D eigenvalue weighted by Crippen LogP contribution is 2.36. The zero-order valence-electron chi connectivity index (χ0n) is 14.9. The number of rotatable bonds is 7. The molecule has 2 aromatic carbocycles. The van der Waals surface area contributed by atoms with Crippen LogP contribution in [0.25, 0.3) is 0 Å². The predicted octanol–water partition coefficient (Wildman–Crippen LogP) is 4.90. The summed E-state index contributed by atoms with van der Waals surface area (Å²) >= 11 is 3.48. The van der Waals surface area contributed by atoms with Gasteiger partial charge < -0.3 is 4.43 Å². The quantitative estimate of drug-likeness (QED) is 0.363. The van der Waals surface area contributed by atoms with Gasteiger partial charge in [-0.25, -0.2) is 0 Å². The van der Waals surface area contributed by atoms with E-state index in [1.54, 1.807) is 0 Å². The standard InChI is InChI=1S/C21H27BrOSi/c1-18(17-22)15-16-23-24(21(2,3)4,19-11-7-5-8-12-19)20-13-9-6-10-14-20/h5-14H,1,15-17H2,2-4H3. The van der Waals surface area contributed by atoms with Crippen molar-refractivity contribution < 1.29 is 4.43 Å². The molecule has 0 unspecified atom stereocenters. The summed E-state index contributed by atoms with van der Waals surface area (Å²) in [5.41, 5.74) is 1.17. The molecule has 24 heavy (non-hydrogen) atoms. The fourth-order valence-electron chi connectivity index (χ4n) is 3.18. The number of benzene rings is 2. The Kier molecular flexibility index (Phi) is 6.61. The van der Waals surface area contributed by atoms with E-state index in [1.807, 2.05) is 0 Å². The first-order valence-electron chi connectivity index (χ1n) is 8.39. The third kappa shape index (κ3) is 4.08. The molecule has 0 aliphatic rings. The number of alkyl halides is 1. The van der Waals surface area contributed by atoms with E-state index in [9.17, 15) is 0 Å². The maximum atomic E-state index is 6.80. The number of halogens is 1. The summed E-state index contributed by atoms with van der Waals surface area (Å²) < 4.78 is 6.80. The van der Waals surface area contributed by atoms with E-state index in [0.717, 1.165) is 11.8 Å². The lowest BCUT2D eigenvalue weighted by Gasteiger charge is -2.43. The lowest BCUT2D eigenvalue weighted by atomic mass is 10.2. The van der Waals surface area contributed by atoms with Gasteiger partial charge >= 0.3 is 0 Å². The fraction of sp³-hybridized carbons (Fsp3) is 0.333. The average molecular weight is 403 g/mol. The Labute approximate surface area is 156 Å². The van der Waals surface area contributed by atoms with Crippen molar-refractivity contribution >= 4 is 34.6 Å². The molecule has 0 N–H and O–H groups in total. The maximum absolute atomic E-state index is 6.80. The molecule has 0 spiro atoms. The molecule has 0 aliphatic heterocycles. The summed E-state index contributed by atoms with van der Waals surface area (Å²) in [6.07, 6.45) is 0.885. The van der Waals surface area contributed by atoms with E-state index >= 15 is 0 Å². The zero-order chi connectivity index (χ0) is 17.6. The second kappa shape index (κ2) is 8.28. The molecule has 0 saturated heterocycles. The molecular weight excluding hydrogens is 376 g/mol. The van der Waals surface area contributed by atoms with Crippen molar-refractivity contribution in [2.24, 2.45) is 0 Å². The largest absolute Gasteiger partial charge is 0.407 e. The molecule has 128 valence electrons. The number of hydrogen-bond donors (Lipinski definition) is 0. The predicted molar refractivity (Wildman–Crippen MR) is 111 cm³/mol. The van der Waals surface area contributed by atoms with Gasteiger partial charge in [-0.2, -0.15) is 0 Å². The summed E-state index contributed by atoms with van der Waals surface area (Å²) in [5, 5.41) is 3.52. The van der Waals surface area contributed by atoms with Crippen LogP contribution in [0.5, 0.6) is 0 Å². The highest BCUT2D eigenvalue weighted by atomic mass is 79.9. The molecule has 0 amide bonds. The minimum atomic E-state index is -2.39. The van der Waals surface area contributed by atoms with Gasteiger partial charge in [0, 0.05) is 11.9 Å². The smallest absolute Gasteiger partial charge is 0.261 e. The molecule has 3 heteroatoms. The van der Waals surface area contributed by atoms with Gasteiger partial charge in [0.05, 0.1) is 0 Å². The Morgan fingerprint density at radius 3 is 1.79 bits per heavy atom. The average Bonchev–Trinajstić information content (AvgIpc) is 2.59. The Morgan fingerprint density at radius 2 is 1.42 bits per heavy atom. The van der Waals surface area contributed by atoms with Gasteiger partial charge in [0.1, 0.15) is 0 Å². The third-order valence-electron chi connectivity index (χ3n) is 4.38. The van der Waals surface area contributed by atoms with Gasteiger partial charge in [0.15, 0.2) is 0 Å². The minimum Gasteiger partial charge on any atom is -0.407 e. The van der Waals surface area contributed by atoms with Gasteiger partial charge in [-0.1, -0.05) is 110 Å². The van der Waals surface area contributed by atoms with Gasteiger partial charge in [-0.05, 0) is 21.8 Å². The summed E-state index contributed by atoms with van der Waals surface area (Å²) in [6.45, 7) is 11.7. The van der Waals surface area contributed by atoms with Crippen LogP contribution in [0.15, 0.2) is 72.8 Å². The van der Waals surface area contributed by atoms with Crippen molar-refractivity contribution in [3.05, 3.63) is 72.8 Å². The fourth-order valence-corrected chi connectivity index (χ4v) is 8.02. The van der Waals surface area contributed by atoms with E-state index in [0.29, 0.717) is 6.61 Å². The molecule has 0 aromatic heterocycles. The Bertz CT molecular complexity index is 607.